The first-order valence-corrected chi connectivity index (χ1v) is 7.78. The molecule has 0 aliphatic heterocycles. The minimum Gasteiger partial charge on any atom is -0.389 e. The average Bonchev–Trinajstić information content (AvgIpc) is 2.47. The molecule has 0 saturated carbocycles. The maximum absolute atomic E-state index is 9.85. The van der Waals surface area contributed by atoms with Crippen LogP contribution in [0.4, 0.5) is 5.69 Å². The summed E-state index contributed by atoms with van der Waals surface area (Å²) < 4.78 is 10.8. The van der Waals surface area contributed by atoms with E-state index in [1.54, 1.807) is 0 Å². The van der Waals surface area contributed by atoms with Crippen molar-refractivity contribution < 1.29 is 14.6 Å². The number of benzene rings is 1. The summed E-state index contributed by atoms with van der Waals surface area (Å²) in [6.45, 7) is 9.04. The van der Waals surface area contributed by atoms with Gasteiger partial charge in [-0.3, -0.25) is 0 Å². The molecule has 120 valence electrons. The third kappa shape index (κ3) is 8.05. The highest BCUT2D eigenvalue weighted by molar-refractivity contribution is 5.48. The highest BCUT2D eigenvalue weighted by Gasteiger charge is 2.04. The summed E-state index contributed by atoms with van der Waals surface area (Å²) in [6, 6.07) is 6.19. The number of nitrogens with one attached hydrogen (secondary N) is 1. The van der Waals surface area contributed by atoms with Crippen molar-refractivity contribution in [1.29, 1.82) is 0 Å². The van der Waals surface area contributed by atoms with E-state index < -0.39 is 6.10 Å². The van der Waals surface area contributed by atoms with Crippen LogP contribution in [0.1, 0.15) is 30.9 Å². The fourth-order valence-corrected chi connectivity index (χ4v) is 1.83. The van der Waals surface area contributed by atoms with Crippen molar-refractivity contribution in [3.05, 3.63) is 29.3 Å². The van der Waals surface area contributed by atoms with Crippen LogP contribution in [0.15, 0.2) is 18.2 Å². The highest BCUT2D eigenvalue weighted by Crippen LogP contribution is 2.13. The van der Waals surface area contributed by atoms with Gasteiger partial charge in [0.1, 0.15) is 0 Å². The molecule has 1 aromatic carbocycles. The Morgan fingerprint density at radius 3 is 2.57 bits per heavy atom. The molecule has 4 heteroatoms. The lowest BCUT2D eigenvalue weighted by molar-refractivity contribution is 0.00749. The molecule has 0 saturated heterocycles. The molecule has 1 aromatic rings. The van der Waals surface area contributed by atoms with Crippen LogP contribution < -0.4 is 5.32 Å². The number of hydrogen-bond donors (Lipinski definition) is 2. The Kier molecular flexibility index (Phi) is 9.06. The maximum atomic E-state index is 9.85. The van der Waals surface area contributed by atoms with Crippen molar-refractivity contribution in [2.45, 2.75) is 39.7 Å². The van der Waals surface area contributed by atoms with Crippen molar-refractivity contribution in [3.63, 3.8) is 0 Å². The minimum absolute atomic E-state index is 0.328. The first-order valence-electron chi connectivity index (χ1n) is 7.78. The van der Waals surface area contributed by atoms with Gasteiger partial charge in [-0.2, -0.15) is 0 Å². The first kappa shape index (κ1) is 18.0. The summed E-state index contributed by atoms with van der Waals surface area (Å²) in [5, 5.41) is 13.1. The zero-order valence-electron chi connectivity index (χ0n) is 13.5. The van der Waals surface area contributed by atoms with E-state index in [1.165, 1.54) is 11.1 Å². The summed E-state index contributed by atoms with van der Waals surface area (Å²) >= 11 is 0. The Hall–Kier alpha value is -1.10. The molecule has 0 radical (unpaired) electrons. The molecule has 2 N–H and O–H groups in total. The maximum Gasteiger partial charge on any atom is 0.0945 e. The largest absolute Gasteiger partial charge is 0.389 e. The predicted octanol–water partition coefficient (Wildman–Crippen LogP) is 2.91. The normalized spacial score (nSPS) is 12.4. The van der Waals surface area contributed by atoms with Gasteiger partial charge in [0.25, 0.3) is 0 Å². The third-order valence-electron chi connectivity index (χ3n) is 3.37. The fourth-order valence-electron chi connectivity index (χ4n) is 1.83. The monoisotopic (exact) mass is 295 g/mol. The summed E-state index contributed by atoms with van der Waals surface area (Å²) in [6.07, 6.45) is 1.72. The van der Waals surface area contributed by atoms with E-state index in [-0.39, 0.29) is 0 Å². The number of aliphatic hydroxyl groups is 1. The summed E-state index contributed by atoms with van der Waals surface area (Å²) in [7, 11) is 0. The number of anilines is 1. The second kappa shape index (κ2) is 10.6. The Morgan fingerprint density at radius 2 is 1.86 bits per heavy atom. The van der Waals surface area contributed by atoms with E-state index in [0.717, 1.165) is 25.1 Å². The number of rotatable bonds is 11. The molecule has 1 atom stereocenters. The Balaban J connectivity index is 2.08. The number of aryl methyl sites for hydroxylation is 2. The van der Waals surface area contributed by atoms with Gasteiger partial charge in [-0.1, -0.05) is 19.4 Å². The molecule has 0 aliphatic rings. The quantitative estimate of drug-likeness (QED) is 0.616. The molecule has 4 nitrogen and oxygen atoms in total. The van der Waals surface area contributed by atoms with Crippen molar-refractivity contribution >= 4 is 5.69 Å². The second-order valence-electron chi connectivity index (χ2n) is 5.37. The summed E-state index contributed by atoms with van der Waals surface area (Å²) in [5.74, 6) is 0. The van der Waals surface area contributed by atoms with Crippen LogP contribution in [0.2, 0.25) is 0 Å². The van der Waals surface area contributed by atoms with Crippen LogP contribution in [-0.4, -0.2) is 44.2 Å². The van der Waals surface area contributed by atoms with Crippen molar-refractivity contribution in [2.24, 2.45) is 0 Å². The molecule has 0 heterocycles. The number of aliphatic hydroxyl groups excluding tert-OH is 1. The Morgan fingerprint density at radius 1 is 1.10 bits per heavy atom. The lowest BCUT2D eigenvalue weighted by Crippen LogP contribution is -2.25. The molecule has 0 fully saturated rings. The number of ether oxygens (including phenoxy) is 2. The van der Waals surface area contributed by atoms with E-state index in [2.05, 4.69) is 38.2 Å². The number of unbranched alkanes of at least 4 members (excludes halogenated alkanes) is 1. The Bertz CT molecular complexity index is 396. The lowest BCUT2D eigenvalue weighted by Gasteiger charge is -2.14. The second-order valence-corrected chi connectivity index (χ2v) is 5.37. The molecule has 0 aromatic heterocycles. The third-order valence-corrected chi connectivity index (χ3v) is 3.37. The van der Waals surface area contributed by atoms with E-state index in [1.807, 2.05) is 6.07 Å². The number of hydrogen-bond acceptors (Lipinski definition) is 4. The van der Waals surface area contributed by atoms with Crippen LogP contribution in [0, 0.1) is 13.8 Å². The van der Waals surface area contributed by atoms with Crippen LogP contribution in [0.25, 0.3) is 0 Å². The minimum atomic E-state index is -0.512. The molecule has 0 aliphatic carbocycles. The molecule has 0 spiro atoms. The predicted molar refractivity (Wildman–Crippen MR) is 87.0 cm³/mol. The molecular formula is C17H29NO3. The van der Waals surface area contributed by atoms with Gasteiger partial charge in [0.2, 0.25) is 0 Å². The zero-order valence-corrected chi connectivity index (χ0v) is 13.5. The fraction of sp³-hybridized carbons (Fsp3) is 0.647. The molecule has 21 heavy (non-hydrogen) atoms. The van der Waals surface area contributed by atoms with Crippen molar-refractivity contribution in [2.75, 3.05) is 38.3 Å². The van der Waals surface area contributed by atoms with Crippen molar-refractivity contribution in [3.8, 4) is 0 Å². The molecule has 1 unspecified atom stereocenters. The molecule has 1 rings (SSSR count). The van der Waals surface area contributed by atoms with Gasteiger partial charge < -0.3 is 19.9 Å². The van der Waals surface area contributed by atoms with Gasteiger partial charge in [-0.05, 0) is 43.5 Å². The smallest absolute Gasteiger partial charge is 0.0945 e. The molecule has 0 amide bonds. The van der Waals surface area contributed by atoms with Crippen molar-refractivity contribution in [1.82, 2.24) is 0 Å². The van der Waals surface area contributed by atoms with Gasteiger partial charge in [-0.25, -0.2) is 0 Å². The van der Waals surface area contributed by atoms with E-state index >= 15 is 0 Å². The van der Waals surface area contributed by atoms with Crippen LogP contribution in [0.5, 0.6) is 0 Å². The topological polar surface area (TPSA) is 50.7 Å². The molecular weight excluding hydrogens is 266 g/mol. The van der Waals surface area contributed by atoms with Gasteiger partial charge in [0, 0.05) is 18.8 Å². The first-order chi connectivity index (χ1) is 10.1. The van der Waals surface area contributed by atoms with Gasteiger partial charge >= 0.3 is 0 Å². The van der Waals surface area contributed by atoms with Gasteiger partial charge in [0.15, 0.2) is 0 Å². The van der Waals surface area contributed by atoms with E-state index in [0.29, 0.717) is 26.4 Å². The summed E-state index contributed by atoms with van der Waals surface area (Å²) in [4.78, 5) is 0. The van der Waals surface area contributed by atoms with Gasteiger partial charge in [-0.15, -0.1) is 0 Å². The SMILES string of the molecule is CCCCOCCOCC(O)CNc1ccc(C)c(C)c1. The van der Waals surface area contributed by atoms with Crippen LogP contribution >= 0.6 is 0 Å². The Labute approximate surface area is 128 Å². The highest BCUT2D eigenvalue weighted by atomic mass is 16.5. The standard InChI is InChI=1S/C17H29NO3/c1-4-5-8-20-9-10-21-13-17(19)12-18-16-7-6-14(2)15(3)11-16/h6-7,11,17-19H,4-5,8-10,12-13H2,1-3H3. The van der Waals surface area contributed by atoms with Crippen LogP contribution in [0.3, 0.4) is 0 Å². The average molecular weight is 295 g/mol. The van der Waals surface area contributed by atoms with Crippen LogP contribution in [-0.2, 0) is 9.47 Å². The lowest BCUT2D eigenvalue weighted by atomic mass is 10.1. The van der Waals surface area contributed by atoms with E-state index in [4.69, 9.17) is 9.47 Å². The van der Waals surface area contributed by atoms with Gasteiger partial charge in [0.05, 0.1) is 25.9 Å². The summed E-state index contributed by atoms with van der Waals surface area (Å²) in [5.41, 5.74) is 3.54. The zero-order chi connectivity index (χ0) is 15.5. The van der Waals surface area contributed by atoms with E-state index in [9.17, 15) is 5.11 Å². The molecule has 0 bridgehead atoms.